The topological polar surface area (TPSA) is 54.9 Å². The zero-order chi connectivity index (χ0) is 14.0. The predicted octanol–water partition coefficient (Wildman–Crippen LogP) is 4.34. The summed E-state index contributed by atoms with van der Waals surface area (Å²) in [7, 11) is 0. The van der Waals surface area contributed by atoms with Gasteiger partial charge in [0, 0.05) is 15.7 Å². The minimum Gasteiger partial charge on any atom is -0.322 e. The van der Waals surface area contributed by atoms with Gasteiger partial charge in [0.25, 0.3) is 5.91 Å². The van der Waals surface area contributed by atoms with E-state index in [4.69, 9.17) is 46.4 Å². The summed E-state index contributed by atoms with van der Waals surface area (Å²) in [6, 6.07) is 5.97. The Morgan fingerprint density at radius 2 is 1.58 bits per heavy atom. The second-order valence-corrected chi connectivity index (χ2v) is 5.10. The summed E-state index contributed by atoms with van der Waals surface area (Å²) < 4.78 is 0. The van der Waals surface area contributed by atoms with E-state index in [0.717, 1.165) is 0 Å². The molecule has 0 aliphatic rings. The Labute approximate surface area is 128 Å². The maximum atomic E-state index is 12.0. The number of aromatic nitrogens is 2. The van der Waals surface area contributed by atoms with Gasteiger partial charge in [-0.3, -0.25) is 4.79 Å². The number of hydrogen-bond acceptors (Lipinski definition) is 3. The van der Waals surface area contributed by atoms with E-state index in [1.165, 1.54) is 6.07 Å². The highest BCUT2D eigenvalue weighted by Crippen LogP contribution is 2.24. The van der Waals surface area contributed by atoms with E-state index in [9.17, 15) is 4.79 Å². The second kappa shape index (κ2) is 5.92. The van der Waals surface area contributed by atoms with Gasteiger partial charge in [-0.1, -0.05) is 46.4 Å². The fraction of sp³-hybridized carbons (Fsp3) is 0. The molecule has 0 saturated carbocycles. The van der Waals surface area contributed by atoms with Crippen LogP contribution in [0.3, 0.4) is 0 Å². The van der Waals surface area contributed by atoms with Crippen molar-refractivity contribution in [1.82, 2.24) is 10.2 Å². The van der Waals surface area contributed by atoms with Gasteiger partial charge < -0.3 is 5.32 Å². The number of hydrogen-bond donors (Lipinski definition) is 1. The van der Waals surface area contributed by atoms with Gasteiger partial charge in [-0.05, 0) is 24.3 Å². The molecule has 0 radical (unpaired) electrons. The first-order valence-corrected chi connectivity index (χ1v) is 6.43. The fourth-order valence-corrected chi connectivity index (χ4v) is 2.19. The summed E-state index contributed by atoms with van der Waals surface area (Å²) >= 11 is 23.1. The van der Waals surface area contributed by atoms with Crippen molar-refractivity contribution in [2.24, 2.45) is 0 Å². The zero-order valence-corrected chi connectivity index (χ0v) is 12.1. The molecule has 1 N–H and O–H groups in total. The number of benzene rings is 1. The Kier molecular flexibility index (Phi) is 4.47. The average Bonchev–Trinajstić information content (AvgIpc) is 2.30. The molecular formula is C11H5Cl4N3O. The smallest absolute Gasteiger partial charge is 0.258 e. The standard InChI is InChI=1S/C11H5Cl4N3O/c12-5-1-6(13)3-7(2-5)16-11(19)8-4-9(14)17-18-10(8)15/h1-4H,(H,16,19). The molecule has 2 aromatic rings. The molecule has 0 unspecified atom stereocenters. The van der Waals surface area contributed by atoms with Crippen molar-refractivity contribution in [3.8, 4) is 0 Å². The largest absolute Gasteiger partial charge is 0.322 e. The van der Waals surface area contributed by atoms with Crippen LogP contribution in [0.5, 0.6) is 0 Å². The SMILES string of the molecule is O=C(Nc1cc(Cl)cc(Cl)c1)c1cc(Cl)nnc1Cl. The van der Waals surface area contributed by atoms with Gasteiger partial charge in [0.05, 0.1) is 5.56 Å². The maximum absolute atomic E-state index is 12.0. The van der Waals surface area contributed by atoms with Gasteiger partial charge in [-0.25, -0.2) is 0 Å². The Balaban J connectivity index is 2.28. The molecule has 0 saturated heterocycles. The molecule has 1 aromatic carbocycles. The summed E-state index contributed by atoms with van der Waals surface area (Å²) in [5.74, 6) is -0.486. The van der Waals surface area contributed by atoms with Crippen molar-refractivity contribution < 1.29 is 4.79 Å². The van der Waals surface area contributed by atoms with Crippen LogP contribution in [-0.4, -0.2) is 16.1 Å². The molecule has 4 nitrogen and oxygen atoms in total. The van der Waals surface area contributed by atoms with Crippen LogP contribution in [0.2, 0.25) is 20.4 Å². The summed E-state index contributed by atoms with van der Waals surface area (Å²) in [6.07, 6.45) is 0. The second-order valence-electron chi connectivity index (χ2n) is 3.48. The van der Waals surface area contributed by atoms with E-state index < -0.39 is 5.91 Å². The Bertz CT molecular complexity index is 628. The molecule has 1 aromatic heterocycles. The molecule has 1 amide bonds. The van der Waals surface area contributed by atoms with Crippen LogP contribution in [0, 0.1) is 0 Å². The third kappa shape index (κ3) is 3.70. The first kappa shape index (κ1) is 14.3. The maximum Gasteiger partial charge on any atom is 0.258 e. The van der Waals surface area contributed by atoms with Crippen LogP contribution in [-0.2, 0) is 0 Å². The Hall–Kier alpha value is -1.07. The number of amides is 1. The predicted molar refractivity (Wildman–Crippen MR) is 76.5 cm³/mol. The van der Waals surface area contributed by atoms with Crippen molar-refractivity contribution in [3.63, 3.8) is 0 Å². The molecule has 98 valence electrons. The van der Waals surface area contributed by atoms with Gasteiger partial charge in [0.2, 0.25) is 0 Å². The first-order chi connectivity index (χ1) is 8.95. The van der Waals surface area contributed by atoms with Crippen LogP contribution in [0.15, 0.2) is 24.3 Å². The third-order valence-corrected chi connectivity index (χ3v) is 2.98. The normalized spacial score (nSPS) is 10.3. The van der Waals surface area contributed by atoms with Gasteiger partial charge in [0.15, 0.2) is 10.3 Å². The summed E-state index contributed by atoms with van der Waals surface area (Å²) in [5, 5.41) is 10.5. The Morgan fingerprint density at radius 3 is 2.21 bits per heavy atom. The lowest BCUT2D eigenvalue weighted by atomic mass is 10.2. The van der Waals surface area contributed by atoms with Crippen LogP contribution < -0.4 is 5.32 Å². The summed E-state index contributed by atoms with van der Waals surface area (Å²) in [6.45, 7) is 0. The van der Waals surface area contributed by atoms with E-state index in [2.05, 4.69) is 15.5 Å². The fourth-order valence-electron chi connectivity index (χ4n) is 1.34. The molecule has 19 heavy (non-hydrogen) atoms. The zero-order valence-electron chi connectivity index (χ0n) is 9.12. The molecule has 0 aliphatic heterocycles. The minimum atomic E-state index is -0.486. The lowest BCUT2D eigenvalue weighted by Gasteiger charge is -2.07. The Morgan fingerprint density at radius 1 is 0.947 bits per heavy atom. The van der Waals surface area contributed by atoms with Crippen LogP contribution >= 0.6 is 46.4 Å². The number of carbonyl (C=O) groups excluding carboxylic acids is 1. The van der Waals surface area contributed by atoms with Crippen molar-refractivity contribution in [1.29, 1.82) is 0 Å². The van der Waals surface area contributed by atoms with Crippen LogP contribution in [0.4, 0.5) is 5.69 Å². The number of nitrogens with one attached hydrogen (secondary N) is 1. The minimum absolute atomic E-state index is 0.0463. The van der Waals surface area contributed by atoms with E-state index in [-0.39, 0.29) is 15.9 Å². The van der Waals surface area contributed by atoms with E-state index in [1.54, 1.807) is 18.2 Å². The summed E-state index contributed by atoms with van der Waals surface area (Å²) in [5.41, 5.74) is 0.546. The van der Waals surface area contributed by atoms with Gasteiger partial charge in [-0.2, -0.15) is 0 Å². The number of anilines is 1. The molecule has 0 spiro atoms. The molecule has 0 aliphatic carbocycles. The number of halogens is 4. The van der Waals surface area contributed by atoms with E-state index >= 15 is 0 Å². The van der Waals surface area contributed by atoms with Crippen molar-refractivity contribution in [3.05, 3.63) is 50.2 Å². The molecule has 0 atom stereocenters. The average molecular weight is 337 g/mol. The van der Waals surface area contributed by atoms with Gasteiger partial charge in [-0.15, -0.1) is 10.2 Å². The van der Waals surface area contributed by atoms with Gasteiger partial charge in [0.1, 0.15) is 0 Å². The molecule has 8 heteroatoms. The highest BCUT2D eigenvalue weighted by atomic mass is 35.5. The summed E-state index contributed by atoms with van der Waals surface area (Å²) in [4.78, 5) is 12.0. The highest BCUT2D eigenvalue weighted by molar-refractivity contribution is 6.36. The van der Waals surface area contributed by atoms with Crippen LogP contribution in [0.1, 0.15) is 10.4 Å². The molecule has 2 rings (SSSR count). The van der Waals surface area contributed by atoms with Crippen molar-refractivity contribution in [2.45, 2.75) is 0 Å². The van der Waals surface area contributed by atoms with Gasteiger partial charge >= 0.3 is 0 Å². The quantitative estimate of drug-likeness (QED) is 0.887. The highest BCUT2D eigenvalue weighted by Gasteiger charge is 2.13. The molecule has 0 bridgehead atoms. The van der Waals surface area contributed by atoms with E-state index in [0.29, 0.717) is 15.7 Å². The first-order valence-electron chi connectivity index (χ1n) is 4.92. The number of rotatable bonds is 2. The third-order valence-electron chi connectivity index (χ3n) is 2.08. The lowest BCUT2D eigenvalue weighted by molar-refractivity contribution is 0.102. The number of carbonyl (C=O) groups is 1. The monoisotopic (exact) mass is 335 g/mol. The molecular weight excluding hydrogens is 332 g/mol. The number of nitrogens with zero attached hydrogens (tertiary/aromatic N) is 2. The molecule has 0 fully saturated rings. The van der Waals surface area contributed by atoms with Crippen LogP contribution in [0.25, 0.3) is 0 Å². The molecule has 1 heterocycles. The van der Waals surface area contributed by atoms with E-state index in [1.807, 2.05) is 0 Å². The lowest BCUT2D eigenvalue weighted by Crippen LogP contribution is -2.13. The van der Waals surface area contributed by atoms with Crippen molar-refractivity contribution >= 4 is 58.0 Å². The van der Waals surface area contributed by atoms with Crippen molar-refractivity contribution in [2.75, 3.05) is 5.32 Å².